The molecule has 4 bridgehead atoms. The summed E-state index contributed by atoms with van der Waals surface area (Å²) in [6, 6.07) is 9.91. The summed E-state index contributed by atoms with van der Waals surface area (Å²) in [5.74, 6) is -1.29. The average molecular weight is 679 g/mol. The van der Waals surface area contributed by atoms with Crippen molar-refractivity contribution in [1.82, 2.24) is 15.2 Å². The summed E-state index contributed by atoms with van der Waals surface area (Å²) in [6.45, 7) is 13.0. The number of hydrogen-bond donors (Lipinski definition) is 0. The Morgan fingerprint density at radius 1 is 0.979 bits per heavy atom. The Morgan fingerprint density at radius 3 is 2.19 bits per heavy atom. The van der Waals surface area contributed by atoms with Crippen molar-refractivity contribution in [2.45, 2.75) is 104 Å². The molecule has 0 saturated carbocycles. The summed E-state index contributed by atoms with van der Waals surface area (Å²) in [7, 11) is 0. The van der Waals surface area contributed by atoms with Crippen LogP contribution in [0.15, 0.2) is 40.8 Å². The molecule has 0 radical (unpaired) electrons. The van der Waals surface area contributed by atoms with Crippen molar-refractivity contribution < 1.29 is 50.9 Å². The van der Waals surface area contributed by atoms with E-state index in [-0.39, 0.29) is 38.6 Å². The molecule has 1 aliphatic heterocycles. The van der Waals surface area contributed by atoms with E-state index in [1.807, 2.05) is 30.3 Å². The van der Waals surface area contributed by atoms with Gasteiger partial charge in [-0.15, -0.1) is 10.2 Å². The van der Waals surface area contributed by atoms with Crippen LogP contribution in [0.1, 0.15) is 85.2 Å². The largest absolute Gasteiger partial charge is 0.474 e. The van der Waals surface area contributed by atoms with Crippen LogP contribution in [0.5, 0.6) is 5.88 Å². The van der Waals surface area contributed by atoms with Gasteiger partial charge in [0.15, 0.2) is 5.69 Å². The van der Waals surface area contributed by atoms with Gasteiger partial charge in [0.2, 0.25) is 11.8 Å². The first-order valence-corrected chi connectivity index (χ1v) is 15.4. The Bertz CT molecular complexity index is 1560. The van der Waals surface area contributed by atoms with Gasteiger partial charge >= 0.3 is 18.4 Å². The first-order chi connectivity index (χ1) is 22.3. The SMILES string of the molecule is C[C@@H]1CCOCCC(C)(OCc2ccccc2)c2nnc(o2)-c2nc(c(C(F)(F)F)cc2N(C(=O)OC(C)(C)C)C(=O)OC(C)(C)C)O1. The Hall–Kier alpha value is -4.24. The fourth-order valence-corrected chi connectivity index (χ4v) is 4.45. The molecule has 0 aliphatic carbocycles. The van der Waals surface area contributed by atoms with E-state index < -0.39 is 70.0 Å². The van der Waals surface area contributed by atoms with E-state index in [9.17, 15) is 22.8 Å². The highest BCUT2D eigenvalue weighted by Crippen LogP contribution is 2.43. The Labute approximate surface area is 276 Å². The van der Waals surface area contributed by atoms with Crippen LogP contribution in [0.3, 0.4) is 0 Å². The second kappa shape index (κ2) is 14.1. The lowest BCUT2D eigenvalue weighted by molar-refractivity contribution is -0.139. The number of alkyl halides is 3. The summed E-state index contributed by atoms with van der Waals surface area (Å²) in [6.07, 6.45) is -7.98. The van der Waals surface area contributed by atoms with Crippen LogP contribution in [0.2, 0.25) is 0 Å². The van der Waals surface area contributed by atoms with Crippen molar-refractivity contribution in [1.29, 1.82) is 0 Å². The topological polar surface area (TPSA) is 135 Å². The van der Waals surface area contributed by atoms with Crippen LogP contribution < -0.4 is 9.64 Å². The van der Waals surface area contributed by atoms with E-state index in [4.69, 9.17) is 28.1 Å². The number of carbonyl (C=O) groups excluding carboxylic acids is 2. The van der Waals surface area contributed by atoms with Gasteiger partial charge in [-0.3, -0.25) is 0 Å². The zero-order valence-electron chi connectivity index (χ0n) is 28.3. The van der Waals surface area contributed by atoms with E-state index in [1.54, 1.807) is 13.8 Å². The third kappa shape index (κ3) is 9.43. The quantitative estimate of drug-likeness (QED) is 0.267. The van der Waals surface area contributed by atoms with Crippen molar-refractivity contribution in [3.05, 3.63) is 53.4 Å². The number of pyridine rings is 1. The molecule has 4 rings (SSSR count). The molecule has 3 aromatic rings. The molecule has 0 spiro atoms. The van der Waals surface area contributed by atoms with Crippen LogP contribution in [0, 0.1) is 0 Å². The first-order valence-electron chi connectivity index (χ1n) is 15.4. The maximum Gasteiger partial charge on any atom is 0.424 e. The molecule has 0 saturated heterocycles. The lowest BCUT2D eigenvalue weighted by Gasteiger charge is -2.30. The maximum atomic E-state index is 14.6. The Morgan fingerprint density at radius 2 is 1.60 bits per heavy atom. The standard InChI is InChI=1S/C33H41F3N4O8/c1-20-14-16-43-17-15-32(8,44-19-21-12-10-9-11-13-21)27-39-38-26(46-27)24-23(18-22(33(34,35)36)25(37-24)45-20)40(28(41)47-30(2,3)4)29(42)48-31(5,6)7/h9-13,18,20H,14-17,19H2,1-8H3/t20-,32?/m1/s1. The van der Waals surface area contributed by atoms with Crippen molar-refractivity contribution in [2.75, 3.05) is 18.1 Å². The normalized spacial score (nSPS) is 19.1. The van der Waals surface area contributed by atoms with E-state index in [2.05, 4.69) is 15.2 Å². The van der Waals surface area contributed by atoms with Crippen LogP contribution in [-0.2, 0) is 37.3 Å². The number of benzene rings is 1. The van der Waals surface area contributed by atoms with Gasteiger partial charge < -0.3 is 28.1 Å². The fraction of sp³-hybridized carbons (Fsp3) is 0.545. The molecule has 1 aliphatic rings. The third-order valence-electron chi connectivity index (χ3n) is 6.85. The third-order valence-corrected chi connectivity index (χ3v) is 6.85. The van der Waals surface area contributed by atoms with Crippen molar-refractivity contribution in [2.24, 2.45) is 0 Å². The number of halogens is 3. The number of fused-ring (bicyclic) bond motifs is 5. The van der Waals surface area contributed by atoms with Crippen LogP contribution >= 0.6 is 0 Å². The van der Waals surface area contributed by atoms with Gasteiger partial charge in [0.05, 0.1) is 25.0 Å². The molecule has 48 heavy (non-hydrogen) atoms. The molecule has 2 atom stereocenters. The number of ether oxygens (including phenoxy) is 5. The van der Waals surface area contributed by atoms with E-state index in [0.29, 0.717) is 11.0 Å². The molecular formula is C33H41F3N4O8. The number of nitrogens with zero attached hydrogens (tertiary/aromatic N) is 4. The number of amides is 2. The second-order valence-corrected chi connectivity index (χ2v) is 13.5. The maximum absolute atomic E-state index is 14.6. The van der Waals surface area contributed by atoms with Gasteiger partial charge in [0.25, 0.3) is 5.89 Å². The highest BCUT2D eigenvalue weighted by molar-refractivity contribution is 6.11. The van der Waals surface area contributed by atoms with Gasteiger partial charge in [-0.25, -0.2) is 14.6 Å². The molecule has 262 valence electrons. The fourth-order valence-electron chi connectivity index (χ4n) is 4.45. The zero-order chi connectivity index (χ0) is 35.5. The minimum Gasteiger partial charge on any atom is -0.474 e. The van der Waals surface area contributed by atoms with Gasteiger partial charge in [0.1, 0.15) is 22.4 Å². The van der Waals surface area contributed by atoms with Gasteiger partial charge in [0, 0.05) is 19.4 Å². The lowest BCUT2D eigenvalue weighted by atomic mass is 10.0. The van der Waals surface area contributed by atoms with Gasteiger partial charge in [-0.2, -0.15) is 18.1 Å². The Kier molecular flexibility index (Phi) is 10.7. The number of hydrogen-bond acceptors (Lipinski definition) is 11. The van der Waals surface area contributed by atoms with E-state index in [0.717, 1.165) is 5.56 Å². The number of rotatable bonds is 4. The van der Waals surface area contributed by atoms with Crippen LogP contribution in [0.25, 0.3) is 11.6 Å². The minimum atomic E-state index is -5.03. The van der Waals surface area contributed by atoms with Crippen LogP contribution in [-0.4, -0.2) is 57.9 Å². The lowest BCUT2D eigenvalue weighted by Crippen LogP contribution is -2.44. The number of aromatic nitrogens is 3. The van der Waals surface area contributed by atoms with Crippen molar-refractivity contribution >= 4 is 17.9 Å². The van der Waals surface area contributed by atoms with E-state index in [1.165, 1.54) is 41.5 Å². The molecule has 2 aromatic heterocycles. The molecule has 12 nitrogen and oxygen atoms in total. The number of imide groups is 1. The molecule has 0 fully saturated rings. The predicted molar refractivity (Wildman–Crippen MR) is 166 cm³/mol. The second-order valence-electron chi connectivity index (χ2n) is 13.5. The summed E-state index contributed by atoms with van der Waals surface area (Å²) in [5, 5.41) is 8.26. The molecule has 15 heteroatoms. The molecule has 0 N–H and O–H groups in total. The summed E-state index contributed by atoms with van der Waals surface area (Å²) >= 11 is 0. The molecule has 2 amide bonds. The molecule has 1 aromatic carbocycles. The Balaban J connectivity index is 1.95. The van der Waals surface area contributed by atoms with Gasteiger partial charge in [-0.1, -0.05) is 30.3 Å². The molecule has 1 unspecified atom stereocenters. The average Bonchev–Trinajstić information content (AvgIpc) is 3.45. The molecular weight excluding hydrogens is 637 g/mol. The zero-order valence-corrected chi connectivity index (χ0v) is 28.3. The predicted octanol–water partition coefficient (Wildman–Crippen LogP) is 7.84. The minimum absolute atomic E-state index is 0.0429. The van der Waals surface area contributed by atoms with Crippen molar-refractivity contribution in [3.63, 3.8) is 0 Å². The summed E-state index contributed by atoms with van der Waals surface area (Å²) in [4.78, 5) is 31.7. The van der Waals surface area contributed by atoms with Crippen molar-refractivity contribution in [3.8, 4) is 17.5 Å². The smallest absolute Gasteiger partial charge is 0.424 e. The molecule has 3 heterocycles. The monoisotopic (exact) mass is 678 g/mol. The number of anilines is 1. The first kappa shape index (κ1) is 36.6. The van der Waals surface area contributed by atoms with Gasteiger partial charge in [-0.05, 0) is 67.0 Å². The number of carbonyl (C=O) groups is 2. The van der Waals surface area contributed by atoms with E-state index >= 15 is 0 Å². The summed E-state index contributed by atoms with van der Waals surface area (Å²) in [5.41, 5.74) is -5.16. The highest BCUT2D eigenvalue weighted by Gasteiger charge is 2.43. The summed E-state index contributed by atoms with van der Waals surface area (Å²) < 4.78 is 78.5. The highest BCUT2D eigenvalue weighted by atomic mass is 19.4. The van der Waals surface area contributed by atoms with Crippen LogP contribution in [0.4, 0.5) is 28.4 Å².